The fourth-order valence-electron chi connectivity index (χ4n) is 2.81. The van der Waals surface area contributed by atoms with Crippen molar-refractivity contribution >= 4 is 11.9 Å². The third kappa shape index (κ3) is 6.99. The molecule has 0 aliphatic carbocycles. The molecule has 1 aromatic rings. The topological polar surface area (TPSA) is 57.2 Å². The first-order valence-corrected chi connectivity index (χ1v) is 8.92. The maximum Gasteiger partial charge on any atom is 0.573 e. The van der Waals surface area contributed by atoms with E-state index in [1.807, 2.05) is 11.8 Å². The highest BCUT2D eigenvalue weighted by atomic mass is 19.4. The second kappa shape index (κ2) is 9.48. The Labute approximate surface area is 157 Å². The smallest absolute Gasteiger partial charge is 0.406 e. The van der Waals surface area contributed by atoms with Crippen LogP contribution in [0.5, 0.6) is 5.75 Å². The number of carbonyl (C=O) groups is 1. The standard InChI is InChI=1S/C18H25F3N4O2/c1-3-22-17(25-12-10-24(11-13-25)14(2)26)23-9-8-15-4-6-16(7-5-15)27-18(19,20)21/h4-7H,3,8-13H2,1-2H3,(H,22,23). The van der Waals surface area contributed by atoms with E-state index in [9.17, 15) is 18.0 Å². The molecular formula is C18H25F3N4O2. The Kier molecular flexibility index (Phi) is 7.32. The minimum atomic E-state index is -4.68. The molecule has 0 unspecified atom stereocenters. The molecule has 1 fully saturated rings. The first-order chi connectivity index (χ1) is 12.8. The lowest BCUT2D eigenvalue weighted by atomic mass is 10.1. The number of aliphatic imine (C=N–C) groups is 1. The highest BCUT2D eigenvalue weighted by Gasteiger charge is 2.30. The summed E-state index contributed by atoms with van der Waals surface area (Å²) < 4.78 is 40.4. The van der Waals surface area contributed by atoms with Gasteiger partial charge < -0.3 is 19.9 Å². The van der Waals surface area contributed by atoms with E-state index in [4.69, 9.17) is 0 Å². The lowest BCUT2D eigenvalue weighted by molar-refractivity contribution is -0.274. The van der Waals surface area contributed by atoms with Crippen molar-refractivity contribution in [2.24, 2.45) is 4.99 Å². The number of ether oxygens (including phenoxy) is 1. The van der Waals surface area contributed by atoms with E-state index < -0.39 is 6.36 Å². The lowest BCUT2D eigenvalue weighted by Gasteiger charge is -2.36. The first-order valence-electron chi connectivity index (χ1n) is 8.92. The molecule has 1 aliphatic heterocycles. The van der Waals surface area contributed by atoms with E-state index in [-0.39, 0.29) is 11.7 Å². The third-order valence-corrected chi connectivity index (χ3v) is 4.18. The van der Waals surface area contributed by atoms with Crippen molar-refractivity contribution in [3.8, 4) is 5.75 Å². The van der Waals surface area contributed by atoms with Crippen molar-refractivity contribution in [3.05, 3.63) is 29.8 Å². The minimum absolute atomic E-state index is 0.0783. The molecule has 1 aromatic carbocycles. The molecule has 0 bridgehead atoms. The van der Waals surface area contributed by atoms with Gasteiger partial charge >= 0.3 is 6.36 Å². The number of hydrogen-bond acceptors (Lipinski definition) is 3. The summed E-state index contributed by atoms with van der Waals surface area (Å²) in [6.45, 7) is 7.56. The summed E-state index contributed by atoms with van der Waals surface area (Å²) in [6.07, 6.45) is -4.08. The van der Waals surface area contributed by atoms with Crippen LogP contribution in [0.15, 0.2) is 29.3 Å². The highest BCUT2D eigenvalue weighted by Crippen LogP contribution is 2.22. The minimum Gasteiger partial charge on any atom is -0.406 e. The molecule has 0 atom stereocenters. The van der Waals surface area contributed by atoms with Gasteiger partial charge in [-0.2, -0.15) is 0 Å². The number of rotatable bonds is 5. The van der Waals surface area contributed by atoms with Gasteiger partial charge in [0.05, 0.1) is 0 Å². The van der Waals surface area contributed by atoms with Crippen molar-refractivity contribution < 1.29 is 22.7 Å². The Balaban J connectivity index is 1.89. The molecule has 1 saturated heterocycles. The molecule has 150 valence electrons. The number of nitrogens with one attached hydrogen (secondary N) is 1. The second-order valence-corrected chi connectivity index (χ2v) is 6.17. The summed E-state index contributed by atoms with van der Waals surface area (Å²) in [7, 11) is 0. The van der Waals surface area contributed by atoms with E-state index in [1.165, 1.54) is 12.1 Å². The fourth-order valence-corrected chi connectivity index (χ4v) is 2.81. The zero-order valence-electron chi connectivity index (χ0n) is 15.6. The predicted molar refractivity (Wildman–Crippen MR) is 96.6 cm³/mol. The van der Waals surface area contributed by atoms with Crippen LogP contribution >= 0.6 is 0 Å². The molecule has 0 spiro atoms. The number of hydrogen-bond donors (Lipinski definition) is 1. The number of guanidine groups is 1. The summed E-state index contributed by atoms with van der Waals surface area (Å²) >= 11 is 0. The van der Waals surface area contributed by atoms with Gasteiger partial charge in [0.1, 0.15) is 5.75 Å². The number of carbonyl (C=O) groups excluding carboxylic acids is 1. The number of benzene rings is 1. The van der Waals surface area contributed by atoms with Crippen molar-refractivity contribution in [2.75, 3.05) is 39.3 Å². The van der Waals surface area contributed by atoms with Gasteiger partial charge in [-0.05, 0) is 31.0 Å². The van der Waals surface area contributed by atoms with Gasteiger partial charge in [-0.1, -0.05) is 12.1 Å². The lowest BCUT2D eigenvalue weighted by Crippen LogP contribution is -2.53. The van der Waals surface area contributed by atoms with Crippen LogP contribution in [0.3, 0.4) is 0 Å². The van der Waals surface area contributed by atoms with Crippen LogP contribution in [0.1, 0.15) is 19.4 Å². The van der Waals surface area contributed by atoms with Crippen molar-refractivity contribution in [2.45, 2.75) is 26.6 Å². The summed E-state index contributed by atoms with van der Waals surface area (Å²) in [4.78, 5) is 19.9. The van der Waals surface area contributed by atoms with Crippen LogP contribution < -0.4 is 10.1 Å². The highest BCUT2D eigenvalue weighted by molar-refractivity contribution is 5.80. The van der Waals surface area contributed by atoms with Crippen molar-refractivity contribution in [1.29, 1.82) is 0 Å². The van der Waals surface area contributed by atoms with E-state index in [0.29, 0.717) is 26.1 Å². The maximum absolute atomic E-state index is 12.2. The average Bonchev–Trinajstić information content (AvgIpc) is 2.61. The number of piperazine rings is 1. The normalized spacial score (nSPS) is 15.7. The number of halogens is 3. The Hall–Kier alpha value is -2.45. The summed E-state index contributed by atoms with van der Waals surface area (Å²) in [5, 5.41) is 3.25. The monoisotopic (exact) mass is 386 g/mol. The molecule has 1 amide bonds. The summed E-state index contributed by atoms with van der Waals surface area (Å²) in [6, 6.07) is 5.82. The van der Waals surface area contributed by atoms with Gasteiger partial charge in [-0.15, -0.1) is 13.2 Å². The molecule has 1 aliphatic rings. The molecule has 1 heterocycles. The molecule has 9 heteroatoms. The zero-order chi connectivity index (χ0) is 19.9. The van der Waals surface area contributed by atoms with Gasteiger partial charge in [0, 0.05) is 46.2 Å². The molecular weight excluding hydrogens is 361 g/mol. The third-order valence-electron chi connectivity index (χ3n) is 4.18. The van der Waals surface area contributed by atoms with Gasteiger partial charge in [-0.25, -0.2) is 0 Å². The number of alkyl halides is 3. The predicted octanol–water partition coefficient (Wildman–Crippen LogP) is 2.26. The van der Waals surface area contributed by atoms with Crippen molar-refractivity contribution in [3.63, 3.8) is 0 Å². The van der Waals surface area contributed by atoms with Crippen LogP contribution in [0.4, 0.5) is 13.2 Å². The molecule has 27 heavy (non-hydrogen) atoms. The van der Waals surface area contributed by atoms with Crippen LogP contribution in [0.25, 0.3) is 0 Å². The Bertz CT molecular complexity index is 639. The SMILES string of the molecule is CCNC(=NCCc1ccc(OC(F)(F)F)cc1)N1CCN(C(C)=O)CC1. The van der Waals surface area contributed by atoms with Crippen LogP contribution in [0, 0.1) is 0 Å². The molecule has 2 rings (SSSR count). The fraction of sp³-hybridized carbons (Fsp3) is 0.556. The zero-order valence-corrected chi connectivity index (χ0v) is 15.6. The number of nitrogens with zero attached hydrogens (tertiary/aromatic N) is 3. The van der Waals surface area contributed by atoms with E-state index >= 15 is 0 Å². The summed E-state index contributed by atoms with van der Waals surface area (Å²) in [5.74, 6) is 0.638. The molecule has 0 saturated carbocycles. The van der Waals surface area contributed by atoms with Gasteiger partial charge in [0.15, 0.2) is 5.96 Å². The van der Waals surface area contributed by atoms with E-state index in [1.54, 1.807) is 19.1 Å². The second-order valence-electron chi connectivity index (χ2n) is 6.17. The maximum atomic E-state index is 12.2. The Morgan fingerprint density at radius 2 is 1.74 bits per heavy atom. The molecule has 0 aromatic heterocycles. The van der Waals surface area contributed by atoms with Crippen LogP contribution in [-0.4, -0.2) is 67.3 Å². The molecule has 1 N–H and O–H groups in total. The molecule has 0 radical (unpaired) electrons. The van der Waals surface area contributed by atoms with E-state index in [2.05, 4.69) is 19.9 Å². The van der Waals surface area contributed by atoms with E-state index in [0.717, 1.165) is 31.2 Å². The number of amides is 1. The van der Waals surface area contributed by atoms with Crippen LogP contribution in [0.2, 0.25) is 0 Å². The van der Waals surface area contributed by atoms with Crippen LogP contribution in [-0.2, 0) is 11.2 Å². The largest absolute Gasteiger partial charge is 0.573 e. The van der Waals surface area contributed by atoms with Gasteiger partial charge in [-0.3, -0.25) is 9.79 Å². The Morgan fingerprint density at radius 1 is 1.15 bits per heavy atom. The first kappa shape index (κ1) is 20.9. The van der Waals surface area contributed by atoms with Gasteiger partial charge in [0.25, 0.3) is 0 Å². The van der Waals surface area contributed by atoms with Gasteiger partial charge in [0.2, 0.25) is 5.91 Å². The quantitative estimate of drug-likeness (QED) is 0.623. The molecule has 6 nitrogen and oxygen atoms in total. The Morgan fingerprint density at radius 3 is 2.26 bits per heavy atom. The van der Waals surface area contributed by atoms with Crippen molar-refractivity contribution in [1.82, 2.24) is 15.1 Å². The average molecular weight is 386 g/mol. The summed E-state index contributed by atoms with van der Waals surface area (Å²) in [5.41, 5.74) is 0.880.